The summed E-state index contributed by atoms with van der Waals surface area (Å²) in [4.78, 5) is 7.26. The van der Waals surface area contributed by atoms with Gasteiger partial charge in [-0.2, -0.15) is 0 Å². The van der Waals surface area contributed by atoms with Gasteiger partial charge >= 0.3 is 0 Å². The molecule has 0 atom stereocenters. The van der Waals surface area contributed by atoms with Crippen LogP contribution in [-0.2, 0) is 22.6 Å². The largest absolute Gasteiger partial charge is 0.385 e. The van der Waals surface area contributed by atoms with Crippen LogP contribution in [0.2, 0.25) is 0 Å². The second kappa shape index (κ2) is 11.5. The molecule has 1 heterocycles. The molecule has 1 saturated carbocycles. The molecule has 0 aromatic heterocycles. The second-order valence-electron chi connectivity index (χ2n) is 8.35. The van der Waals surface area contributed by atoms with Gasteiger partial charge in [0.2, 0.25) is 0 Å². The number of morpholine rings is 1. The Morgan fingerprint density at radius 1 is 1.14 bits per heavy atom. The molecule has 3 rings (SSSR count). The van der Waals surface area contributed by atoms with Crippen molar-refractivity contribution in [1.29, 1.82) is 0 Å². The minimum Gasteiger partial charge on any atom is -0.385 e. The lowest BCUT2D eigenvalue weighted by atomic mass is 9.67. The summed E-state index contributed by atoms with van der Waals surface area (Å²) in [5.74, 6) is 0.911. The van der Waals surface area contributed by atoms with Gasteiger partial charge in [0.1, 0.15) is 0 Å². The third-order valence-electron chi connectivity index (χ3n) is 6.18. The molecule has 0 spiro atoms. The number of ether oxygens (including phenoxy) is 2. The molecule has 1 aliphatic heterocycles. The molecular formula is C23H38N4O2. The van der Waals surface area contributed by atoms with E-state index in [1.54, 1.807) is 7.11 Å². The van der Waals surface area contributed by atoms with Crippen LogP contribution in [0, 0.1) is 5.41 Å². The fourth-order valence-corrected chi connectivity index (χ4v) is 4.06. The van der Waals surface area contributed by atoms with Gasteiger partial charge in [-0.05, 0) is 42.7 Å². The summed E-state index contributed by atoms with van der Waals surface area (Å²) in [6, 6.07) is 8.87. The van der Waals surface area contributed by atoms with Gasteiger partial charge in [0, 0.05) is 46.4 Å². The highest BCUT2D eigenvalue weighted by Gasteiger charge is 2.36. The van der Waals surface area contributed by atoms with Crippen molar-refractivity contribution >= 4 is 5.96 Å². The highest BCUT2D eigenvalue weighted by atomic mass is 16.5. The number of nitrogens with one attached hydrogen (secondary N) is 2. The van der Waals surface area contributed by atoms with Crippen molar-refractivity contribution in [2.75, 3.05) is 53.1 Å². The van der Waals surface area contributed by atoms with Gasteiger partial charge in [0.05, 0.1) is 19.8 Å². The van der Waals surface area contributed by atoms with Crippen LogP contribution in [0.1, 0.15) is 43.7 Å². The first-order chi connectivity index (χ1) is 14.2. The van der Waals surface area contributed by atoms with Crippen molar-refractivity contribution in [3.8, 4) is 0 Å². The number of methoxy groups -OCH3 is 1. The van der Waals surface area contributed by atoms with Crippen molar-refractivity contribution in [2.45, 2.75) is 45.7 Å². The van der Waals surface area contributed by atoms with Gasteiger partial charge in [0.15, 0.2) is 5.96 Å². The molecule has 2 N–H and O–H groups in total. The molecule has 1 aromatic rings. The maximum Gasteiger partial charge on any atom is 0.191 e. The number of rotatable bonds is 10. The Bertz CT molecular complexity index is 622. The Labute approximate surface area is 176 Å². The summed E-state index contributed by atoms with van der Waals surface area (Å²) < 4.78 is 10.7. The lowest BCUT2D eigenvalue weighted by Crippen LogP contribution is -2.46. The molecule has 0 bridgehead atoms. The molecule has 162 valence electrons. The van der Waals surface area contributed by atoms with E-state index in [0.717, 1.165) is 64.9 Å². The Kier molecular flexibility index (Phi) is 8.77. The molecule has 6 heteroatoms. The van der Waals surface area contributed by atoms with Crippen molar-refractivity contribution in [3.63, 3.8) is 0 Å². The molecular weight excluding hydrogens is 364 g/mol. The molecule has 0 unspecified atom stereocenters. The van der Waals surface area contributed by atoms with E-state index in [2.05, 4.69) is 46.7 Å². The first-order valence-electron chi connectivity index (χ1n) is 11.1. The Hall–Kier alpha value is -1.63. The zero-order valence-electron chi connectivity index (χ0n) is 18.2. The van der Waals surface area contributed by atoms with Crippen LogP contribution >= 0.6 is 0 Å². The third kappa shape index (κ3) is 6.98. The maximum atomic E-state index is 5.43. The SMILES string of the molecule is CCNC(=NCc1ccc(CN2CCOCC2)cc1)NCC1(CCOC)CCC1. The zero-order valence-corrected chi connectivity index (χ0v) is 18.2. The fraction of sp³-hybridized carbons (Fsp3) is 0.696. The first kappa shape index (κ1) is 22.1. The predicted octanol–water partition coefficient (Wildman–Crippen LogP) is 2.78. The Morgan fingerprint density at radius 3 is 2.48 bits per heavy atom. The van der Waals surface area contributed by atoms with Gasteiger partial charge in [-0.25, -0.2) is 4.99 Å². The maximum absolute atomic E-state index is 5.43. The summed E-state index contributed by atoms with van der Waals surface area (Å²) in [5, 5.41) is 6.96. The van der Waals surface area contributed by atoms with Crippen LogP contribution in [0.5, 0.6) is 0 Å². The van der Waals surface area contributed by atoms with Crippen LogP contribution in [0.4, 0.5) is 0 Å². The number of guanidine groups is 1. The highest BCUT2D eigenvalue weighted by molar-refractivity contribution is 5.79. The average Bonchev–Trinajstić information content (AvgIpc) is 2.72. The Balaban J connectivity index is 1.49. The van der Waals surface area contributed by atoms with E-state index < -0.39 is 0 Å². The minimum atomic E-state index is 0.382. The van der Waals surface area contributed by atoms with Crippen molar-refractivity contribution in [1.82, 2.24) is 15.5 Å². The van der Waals surface area contributed by atoms with Crippen LogP contribution < -0.4 is 10.6 Å². The molecule has 0 amide bonds. The number of nitrogens with zero attached hydrogens (tertiary/aromatic N) is 2. The van der Waals surface area contributed by atoms with Crippen molar-refractivity contribution < 1.29 is 9.47 Å². The van der Waals surface area contributed by atoms with E-state index >= 15 is 0 Å². The van der Waals surface area contributed by atoms with Crippen LogP contribution in [0.15, 0.2) is 29.3 Å². The minimum absolute atomic E-state index is 0.382. The molecule has 29 heavy (non-hydrogen) atoms. The molecule has 2 aliphatic rings. The lowest BCUT2D eigenvalue weighted by Gasteiger charge is -2.42. The van der Waals surface area contributed by atoms with E-state index in [4.69, 9.17) is 14.5 Å². The topological polar surface area (TPSA) is 58.1 Å². The number of hydrogen-bond acceptors (Lipinski definition) is 4. The van der Waals surface area contributed by atoms with Crippen molar-refractivity contribution in [2.24, 2.45) is 10.4 Å². The van der Waals surface area contributed by atoms with Crippen molar-refractivity contribution in [3.05, 3.63) is 35.4 Å². The van der Waals surface area contributed by atoms with E-state index in [-0.39, 0.29) is 0 Å². The second-order valence-corrected chi connectivity index (χ2v) is 8.35. The molecule has 2 fully saturated rings. The van der Waals surface area contributed by atoms with E-state index in [1.165, 1.54) is 30.4 Å². The monoisotopic (exact) mass is 402 g/mol. The van der Waals surface area contributed by atoms with Gasteiger partial charge < -0.3 is 20.1 Å². The van der Waals surface area contributed by atoms with Crippen LogP contribution in [0.25, 0.3) is 0 Å². The summed E-state index contributed by atoms with van der Waals surface area (Å²) in [5.41, 5.74) is 2.98. The van der Waals surface area contributed by atoms with E-state index in [0.29, 0.717) is 12.0 Å². The average molecular weight is 403 g/mol. The van der Waals surface area contributed by atoms with Gasteiger partial charge in [0.25, 0.3) is 0 Å². The quantitative estimate of drug-likeness (QED) is 0.466. The van der Waals surface area contributed by atoms with E-state index in [9.17, 15) is 0 Å². The first-order valence-corrected chi connectivity index (χ1v) is 11.1. The van der Waals surface area contributed by atoms with Gasteiger partial charge in [-0.3, -0.25) is 4.90 Å². The standard InChI is InChI=1S/C23H38N4O2/c1-3-24-22(26-19-23(9-4-10-23)11-14-28-2)25-17-20-5-7-21(8-6-20)18-27-12-15-29-16-13-27/h5-8H,3-4,9-19H2,1-2H3,(H2,24,25,26). The van der Waals surface area contributed by atoms with Gasteiger partial charge in [-0.15, -0.1) is 0 Å². The summed E-state index contributed by atoms with van der Waals surface area (Å²) in [7, 11) is 1.79. The summed E-state index contributed by atoms with van der Waals surface area (Å²) >= 11 is 0. The van der Waals surface area contributed by atoms with E-state index in [1.807, 2.05) is 0 Å². The highest BCUT2D eigenvalue weighted by Crippen LogP contribution is 2.43. The number of hydrogen-bond donors (Lipinski definition) is 2. The van der Waals surface area contributed by atoms with Gasteiger partial charge in [-0.1, -0.05) is 30.7 Å². The number of aliphatic imine (C=N–C) groups is 1. The molecule has 0 radical (unpaired) electrons. The fourth-order valence-electron chi connectivity index (χ4n) is 4.06. The smallest absolute Gasteiger partial charge is 0.191 e. The predicted molar refractivity (Wildman–Crippen MR) is 118 cm³/mol. The third-order valence-corrected chi connectivity index (χ3v) is 6.18. The normalized spacial score (nSPS) is 19.6. The lowest BCUT2D eigenvalue weighted by molar-refractivity contribution is 0.0342. The molecule has 1 aromatic carbocycles. The molecule has 1 saturated heterocycles. The number of benzene rings is 1. The molecule has 6 nitrogen and oxygen atoms in total. The Morgan fingerprint density at radius 2 is 1.86 bits per heavy atom. The molecule has 1 aliphatic carbocycles. The zero-order chi connectivity index (χ0) is 20.4. The summed E-state index contributed by atoms with van der Waals surface area (Å²) in [6.45, 7) is 10.2. The van der Waals surface area contributed by atoms with Crippen LogP contribution in [0.3, 0.4) is 0 Å². The summed E-state index contributed by atoms with van der Waals surface area (Å²) in [6.07, 6.45) is 5.02. The van der Waals surface area contributed by atoms with Crippen LogP contribution in [-0.4, -0.2) is 64.0 Å².